The van der Waals surface area contributed by atoms with Crippen LogP contribution < -0.4 is 15.9 Å². The average molecular weight is 472 g/mol. The molecule has 0 unspecified atom stereocenters. The number of primary amides is 1. The van der Waals surface area contributed by atoms with E-state index < -0.39 is 18.0 Å². The van der Waals surface area contributed by atoms with E-state index in [2.05, 4.69) is 10.1 Å². The highest BCUT2D eigenvalue weighted by Gasteiger charge is 2.21. The van der Waals surface area contributed by atoms with E-state index in [0.717, 1.165) is 28.1 Å². The molecule has 5 rings (SSSR count). The zero-order valence-electron chi connectivity index (χ0n) is 19.2. The van der Waals surface area contributed by atoms with E-state index in [1.165, 1.54) is 12.1 Å². The maximum atomic E-state index is 13.5. The summed E-state index contributed by atoms with van der Waals surface area (Å²) in [5.41, 5.74) is 8.14. The van der Waals surface area contributed by atoms with Crippen molar-refractivity contribution >= 4 is 27.8 Å². The molecule has 2 N–H and O–H groups in total. The van der Waals surface area contributed by atoms with Crippen molar-refractivity contribution < 1.29 is 18.3 Å². The summed E-state index contributed by atoms with van der Waals surface area (Å²) in [6, 6.07) is 13.0. The SMILES string of the molecule is Cc1cc([C@@H](C)Oc2ccc(F)nc2C(N)=O)c2oc(-c3ccc4nn(C)cc4c3)cc(=O)c2c1. The molecule has 0 aliphatic carbocycles. The molecule has 3 heterocycles. The molecule has 0 saturated heterocycles. The fourth-order valence-corrected chi connectivity index (χ4v) is 4.13. The van der Waals surface area contributed by atoms with Crippen LogP contribution in [0.15, 0.2) is 63.9 Å². The summed E-state index contributed by atoms with van der Waals surface area (Å²) in [5, 5.41) is 5.68. The van der Waals surface area contributed by atoms with E-state index in [9.17, 15) is 14.0 Å². The second-order valence-corrected chi connectivity index (χ2v) is 8.39. The first kappa shape index (κ1) is 22.3. The van der Waals surface area contributed by atoms with Crippen LogP contribution in [0.25, 0.3) is 33.2 Å². The van der Waals surface area contributed by atoms with Crippen molar-refractivity contribution in [3.05, 3.63) is 87.7 Å². The number of benzene rings is 2. The Labute approximate surface area is 198 Å². The zero-order valence-corrected chi connectivity index (χ0v) is 19.2. The fourth-order valence-electron chi connectivity index (χ4n) is 4.13. The molecule has 0 spiro atoms. The van der Waals surface area contributed by atoms with Crippen LogP contribution in [0.2, 0.25) is 0 Å². The van der Waals surface area contributed by atoms with Crippen molar-refractivity contribution in [3.8, 4) is 17.1 Å². The Morgan fingerprint density at radius 2 is 1.97 bits per heavy atom. The first-order valence-corrected chi connectivity index (χ1v) is 10.8. The van der Waals surface area contributed by atoms with Crippen molar-refractivity contribution in [2.75, 3.05) is 0 Å². The third-order valence-corrected chi connectivity index (χ3v) is 5.70. The van der Waals surface area contributed by atoms with Crippen LogP contribution in [0.3, 0.4) is 0 Å². The molecule has 0 saturated carbocycles. The van der Waals surface area contributed by atoms with Crippen LogP contribution in [0.4, 0.5) is 4.39 Å². The molecular weight excluding hydrogens is 451 g/mol. The lowest BCUT2D eigenvalue weighted by molar-refractivity contribution is 0.0987. The Kier molecular flexibility index (Phi) is 5.32. The summed E-state index contributed by atoms with van der Waals surface area (Å²) < 4.78 is 27.5. The number of carbonyl (C=O) groups excluding carboxylic acids is 1. The normalized spacial score (nSPS) is 12.2. The molecule has 0 radical (unpaired) electrons. The van der Waals surface area contributed by atoms with Gasteiger partial charge in [-0.05, 0) is 61.9 Å². The van der Waals surface area contributed by atoms with E-state index in [1.807, 2.05) is 44.4 Å². The van der Waals surface area contributed by atoms with Gasteiger partial charge in [-0.15, -0.1) is 0 Å². The number of hydrogen-bond donors (Lipinski definition) is 1. The molecule has 176 valence electrons. The van der Waals surface area contributed by atoms with Gasteiger partial charge in [0.15, 0.2) is 16.9 Å². The molecule has 0 aliphatic rings. The first-order valence-electron chi connectivity index (χ1n) is 10.8. The van der Waals surface area contributed by atoms with Gasteiger partial charge in [-0.1, -0.05) is 0 Å². The summed E-state index contributed by atoms with van der Waals surface area (Å²) in [7, 11) is 1.84. The number of aromatic nitrogens is 3. The predicted octanol–water partition coefficient (Wildman–Crippen LogP) is 4.43. The molecule has 0 aliphatic heterocycles. The lowest BCUT2D eigenvalue weighted by Gasteiger charge is -2.18. The first-order chi connectivity index (χ1) is 16.7. The van der Waals surface area contributed by atoms with Gasteiger partial charge in [0.25, 0.3) is 5.91 Å². The Bertz CT molecular complexity index is 1690. The molecular formula is C26H21FN4O4. The predicted molar refractivity (Wildman–Crippen MR) is 129 cm³/mol. The number of hydrogen-bond acceptors (Lipinski definition) is 6. The number of nitrogens with zero attached hydrogens (tertiary/aromatic N) is 3. The van der Waals surface area contributed by atoms with Gasteiger partial charge in [0.1, 0.15) is 17.4 Å². The number of ether oxygens (including phenoxy) is 1. The third-order valence-electron chi connectivity index (χ3n) is 5.70. The number of aryl methyl sites for hydroxylation is 2. The Hall–Kier alpha value is -4.53. The Morgan fingerprint density at radius 3 is 2.74 bits per heavy atom. The van der Waals surface area contributed by atoms with Crippen molar-refractivity contribution in [2.24, 2.45) is 12.8 Å². The molecule has 2 aromatic carbocycles. The second-order valence-electron chi connectivity index (χ2n) is 8.39. The summed E-state index contributed by atoms with van der Waals surface area (Å²) >= 11 is 0. The fraction of sp³-hybridized carbons (Fsp3) is 0.154. The van der Waals surface area contributed by atoms with Crippen molar-refractivity contribution in [1.29, 1.82) is 0 Å². The van der Waals surface area contributed by atoms with Crippen molar-refractivity contribution in [3.63, 3.8) is 0 Å². The van der Waals surface area contributed by atoms with Crippen LogP contribution >= 0.6 is 0 Å². The summed E-state index contributed by atoms with van der Waals surface area (Å²) in [6.45, 7) is 3.59. The minimum atomic E-state index is -0.916. The molecule has 8 nitrogen and oxygen atoms in total. The van der Waals surface area contributed by atoms with E-state index in [0.29, 0.717) is 22.3 Å². The number of amides is 1. The van der Waals surface area contributed by atoms with Gasteiger partial charge in [0, 0.05) is 35.8 Å². The summed E-state index contributed by atoms with van der Waals surface area (Å²) in [5.74, 6) is -1.34. The number of halogens is 1. The van der Waals surface area contributed by atoms with Crippen LogP contribution in [0, 0.1) is 12.9 Å². The summed E-state index contributed by atoms with van der Waals surface area (Å²) in [4.78, 5) is 28.4. The zero-order chi connectivity index (χ0) is 24.9. The number of pyridine rings is 1. The van der Waals surface area contributed by atoms with E-state index in [1.54, 1.807) is 17.7 Å². The average Bonchev–Trinajstić information content (AvgIpc) is 3.19. The topological polar surface area (TPSA) is 113 Å². The van der Waals surface area contributed by atoms with Crippen molar-refractivity contribution in [2.45, 2.75) is 20.0 Å². The monoisotopic (exact) mass is 472 g/mol. The number of nitrogens with two attached hydrogens (primary N) is 1. The number of carbonyl (C=O) groups is 1. The quantitative estimate of drug-likeness (QED) is 0.379. The molecule has 0 fully saturated rings. The van der Waals surface area contributed by atoms with Gasteiger partial charge in [-0.2, -0.15) is 9.49 Å². The van der Waals surface area contributed by atoms with Gasteiger partial charge in [-0.3, -0.25) is 14.3 Å². The minimum absolute atomic E-state index is 0.0292. The molecule has 3 aromatic heterocycles. The summed E-state index contributed by atoms with van der Waals surface area (Å²) in [6.07, 6.45) is 1.21. The van der Waals surface area contributed by atoms with Crippen LogP contribution in [0.1, 0.15) is 34.6 Å². The highest BCUT2D eigenvalue weighted by atomic mass is 19.1. The molecule has 9 heteroatoms. The lowest BCUT2D eigenvalue weighted by atomic mass is 10.0. The lowest BCUT2D eigenvalue weighted by Crippen LogP contribution is -2.17. The van der Waals surface area contributed by atoms with Gasteiger partial charge in [0.2, 0.25) is 5.95 Å². The van der Waals surface area contributed by atoms with Crippen LogP contribution in [-0.2, 0) is 7.05 Å². The number of fused-ring (bicyclic) bond motifs is 2. The van der Waals surface area contributed by atoms with E-state index in [-0.39, 0.29) is 16.9 Å². The maximum Gasteiger partial charge on any atom is 0.271 e. The molecule has 5 aromatic rings. The highest BCUT2D eigenvalue weighted by molar-refractivity contribution is 5.93. The largest absolute Gasteiger partial charge is 0.483 e. The highest BCUT2D eigenvalue weighted by Crippen LogP contribution is 2.32. The standard InChI is InChI=1S/C26H21FN4O4/c1-13-8-17(14(2)34-21-6-7-23(27)29-24(21)26(28)33)25-18(9-13)20(32)11-22(35-25)15-4-5-19-16(10-15)12-31(3)30-19/h4-12,14H,1-3H3,(H2,28,33)/t14-/m1/s1. The number of rotatable bonds is 5. The van der Waals surface area contributed by atoms with Gasteiger partial charge >= 0.3 is 0 Å². The van der Waals surface area contributed by atoms with E-state index >= 15 is 0 Å². The molecule has 1 amide bonds. The van der Waals surface area contributed by atoms with Crippen LogP contribution in [-0.4, -0.2) is 20.7 Å². The smallest absolute Gasteiger partial charge is 0.271 e. The molecule has 35 heavy (non-hydrogen) atoms. The maximum absolute atomic E-state index is 13.5. The van der Waals surface area contributed by atoms with Crippen LogP contribution in [0.5, 0.6) is 5.75 Å². The van der Waals surface area contributed by atoms with Gasteiger partial charge in [-0.25, -0.2) is 4.98 Å². The van der Waals surface area contributed by atoms with Gasteiger partial charge in [0.05, 0.1) is 10.9 Å². The van der Waals surface area contributed by atoms with Crippen molar-refractivity contribution in [1.82, 2.24) is 14.8 Å². The minimum Gasteiger partial charge on any atom is -0.483 e. The van der Waals surface area contributed by atoms with Gasteiger partial charge < -0.3 is 14.9 Å². The van der Waals surface area contributed by atoms with E-state index in [4.69, 9.17) is 14.9 Å². The Balaban J connectivity index is 1.63. The second kappa shape index (κ2) is 8.35. The Morgan fingerprint density at radius 1 is 1.17 bits per heavy atom. The third kappa shape index (κ3) is 4.12. The molecule has 0 bridgehead atoms. The molecule has 1 atom stereocenters.